The topological polar surface area (TPSA) is 151 Å². The highest BCUT2D eigenvalue weighted by molar-refractivity contribution is 6.53. The summed E-state index contributed by atoms with van der Waals surface area (Å²) < 4.78 is 5.80. The van der Waals surface area contributed by atoms with E-state index < -0.39 is 68.6 Å². The number of alkyl halides is 2. The molecular formula is C26H21Cl2N3O8. The van der Waals surface area contributed by atoms with Crippen LogP contribution in [0.15, 0.2) is 52.5 Å². The van der Waals surface area contributed by atoms with E-state index in [0.717, 1.165) is 15.9 Å². The smallest absolute Gasteiger partial charge is 0.271 e. The molecule has 0 spiro atoms. The highest BCUT2D eigenvalue weighted by Gasteiger charge is 2.76. The lowest BCUT2D eigenvalue weighted by Crippen LogP contribution is -2.60. The first-order valence-electron chi connectivity index (χ1n) is 12.2. The van der Waals surface area contributed by atoms with Crippen molar-refractivity contribution in [2.45, 2.75) is 35.1 Å². The molecule has 1 aromatic carbocycles. The predicted molar refractivity (Wildman–Crippen MR) is 136 cm³/mol. The molecule has 0 bridgehead atoms. The van der Waals surface area contributed by atoms with E-state index >= 15 is 0 Å². The number of nitro groups is 1. The van der Waals surface area contributed by atoms with Crippen LogP contribution in [0.5, 0.6) is 0 Å². The van der Waals surface area contributed by atoms with Gasteiger partial charge in [-0.3, -0.25) is 34.2 Å². The van der Waals surface area contributed by atoms with Gasteiger partial charge >= 0.3 is 0 Å². The number of hydrogen-bond donors (Lipinski definition) is 1. The van der Waals surface area contributed by atoms with E-state index in [0.29, 0.717) is 5.57 Å². The van der Waals surface area contributed by atoms with Crippen LogP contribution in [0, 0.1) is 27.9 Å². The maximum Gasteiger partial charge on any atom is 0.271 e. The number of halogens is 2. The minimum Gasteiger partial charge on any atom is -0.463 e. The number of carbonyl (C=O) groups is 4. The SMILES string of the molecule is CN1C(=O)C2(Cl)CC3C(=CCC4C(=O)N(c5cccc([N+](=O)[O-])c5)C(=O)C43)C(c3ccc(CO)o3)C2(Cl)C1=O. The van der Waals surface area contributed by atoms with Gasteiger partial charge in [0, 0.05) is 19.2 Å². The van der Waals surface area contributed by atoms with Crippen LogP contribution in [-0.2, 0) is 25.8 Å². The minimum atomic E-state index is -1.98. The first-order chi connectivity index (χ1) is 18.5. The number of nitro benzene ring substituents is 1. The van der Waals surface area contributed by atoms with Crippen LogP contribution in [-0.4, -0.2) is 55.4 Å². The maximum atomic E-state index is 13.9. The number of imide groups is 2. The molecule has 6 unspecified atom stereocenters. The lowest BCUT2D eigenvalue weighted by atomic mass is 9.57. The van der Waals surface area contributed by atoms with Gasteiger partial charge in [0.25, 0.3) is 17.5 Å². The summed E-state index contributed by atoms with van der Waals surface area (Å²) >= 11 is 14.1. The number of fused-ring (bicyclic) bond motifs is 4. The lowest BCUT2D eigenvalue weighted by Gasteiger charge is -2.49. The number of aliphatic hydroxyl groups is 1. The average Bonchev–Trinajstić information content (AvgIpc) is 3.53. The Morgan fingerprint density at radius 3 is 2.51 bits per heavy atom. The van der Waals surface area contributed by atoms with Crippen LogP contribution in [0.2, 0.25) is 0 Å². The molecule has 13 heteroatoms. The molecule has 202 valence electrons. The quantitative estimate of drug-likeness (QED) is 0.193. The molecule has 2 aliphatic heterocycles. The molecule has 2 aliphatic carbocycles. The molecule has 1 saturated carbocycles. The number of likely N-dealkylation sites (tertiary alicyclic amines) is 1. The number of nitrogens with zero attached hydrogens (tertiary/aromatic N) is 3. The van der Waals surface area contributed by atoms with E-state index in [2.05, 4.69) is 0 Å². The highest BCUT2D eigenvalue weighted by atomic mass is 35.5. The Hall–Kier alpha value is -3.54. The fourth-order valence-electron chi connectivity index (χ4n) is 6.69. The minimum absolute atomic E-state index is 0.0697. The lowest BCUT2D eigenvalue weighted by molar-refractivity contribution is -0.384. The van der Waals surface area contributed by atoms with Crippen molar-refractivity contribution in [2.24, 2.45) is 17.8 Å². The van der Waals surface area contributed by atoms with Crippen LogP contribution in [0.4, 0.5) is 11.4 Å². The number of carbonyl (C=O) groups excluding carboxylic acids is 4. The number of furan rings is 1. The molecule has 1 N–H and O–H groups in total. The summed E-state index contributed by atoms with van der Waals surface area (Å²) in [4.78, 5) is 62.8. The van der Waals surface area contributed by atoms with E-state index in [4.69, 9.17) is 27.6 Å². The van der Waals surface area contributed by atoms with Crippen molar-refractivity contribution in [2.75, 3.05) is 11.9 Å². The second-order valence-electron chi connectivity index (χ2n) is 10.2. The Balaban J connectivity index is 1.48. The number of hydrogen-bond acceptors (Lipinski definition) is 8. The van der Waals surface area contributed by atoms with Gasteiger partial charge in [0.2, 0.25) is 11.8 Å². The summed E-state index contributed by atoms with van der Waals surface area (Å²) in [7, 11) is 1.28. The van der Waals surface area contributed by atoms with Crippen LogP contribution in [0.25, 0.3) is 0 Å². The summed E-state index contributed by atoms with van der Waals surface area (Å²) in [5, 5.41) is 20.9. The molecule has 6 rings (SSSR count). The third-order valence-electron chi connectivity index (χ3n) is 8.44. The van der Waals surface area contributed by atoms with E-state index in [-0.39, 0.29) is 35.7 Å². The molecule has 11 nitrogen and oxygen atoms in total. The fourth-order valence-corrected chi connectivity index (χ4v) is 7.69. The van der Waals surface area contributed by atoms with Crippen molar-refractivity contribution in [3.63, 3.8) is 0 Å². The zero-order valence-electron chi connectivity index (χ0n) is 20.4. The van der Waals surface area contributed by atoms with Crippen molar-refractivity contribution in [1.82, 2.24) is 4.90 Å². The Morgan fingerprint density at radius 1 is 1.10 bits per heavy atom. The number of allylic oxidation sites excluding steroid dienone is 2. The summed E-state index contributed by atoms with van der Waals surface area (Å²) in [5.74, 6) is -5.72. The average molecular weight is 574 g/mol. The van der Waals surface area contributed by atoms with Crippen molar-refractivity contribution >= 4 is 58.2 Å². The van der Waals surface area contributed by atoms with Crippen LogP contribution >= 0.6 is 23.2 Å². The fraction of sp³-hybridized carbons (Fsp3) is 0.385. The van der Waals surface area contributed by atoms with Gasteiger partial charge in [-0.25, -0.2) is 4.90 Å². The van der Waals surface area contributed by atoms with Gasteiger partial charge in [-0.15, -0.1) is 23.2 Å². The summed E-state index contributed by atoms with van der Waals surface area (Å²) in [6.45, 7) is -0.418. The molecule has 3 heterocycles. The molecule has 4 aliphatic rings. The summed E-state index contributed by atoms with van der Waals surface area (Å²) in [6, 6.07) is 8.30. The van der Waals surface area contributed by atoms with Crippen molar-refractivity contribution in [1.29, 1.82) is 0 Å². The monoisotopic (exact) mass is 573 g/mol. The number of benzene rings is 1. The second kappa shape index (κ2) is 8.48. The Kier molecular flexibility index (Phi) is 5.59. The standard InChI is InChI=1S/C26H21Cl2N3O8/c1-29-23(35)25(27)10-17-15(20(26(25,28)24(29)36)18-8-5-14(11-32)39-18)6-7-16-19(17)22(34)30(21(16)33)12-3-2-4-13(9-12)31(37)38/h2-6,8-9,16-17,19-20,32H,7,10-11H2,1H3. The summed E-state index contributed by atoms with van der Waals surface area (Å²) in [6.07, 6.45) is 1.69. The number of non-ortho nitro benzene ring substituents is 1. The van der Waals surface area contributed by atoms with Crippen molar-refractivity contribution < 1.29 is 33.6 Å². The van der Waals surface area contributed by atoms with Gasteiger partial charge in [0.1, 0.15) is 18.1 Å². The molecule has 2 aromatic rings. The van der Waals surface area contributed by atoms with Crippen LogP contribution < -0.4 is 4.90 Å². The maximum absolute atomic E-state index is 13.9. The molecule has 2 saturated heterocycles. The Labute approximate surface area is 231 Å². The van der Waals surface area contributed by atoms with Gasteiger partial charge in [0.05, 0.1) is 28.4 Å². The van der Waals surface area contributed by atoms with E-state index in [1.807, 2.05) is 0 Å². The van der Waals surface area contributed by atoms with Gasteiger partial charge in [-0.2, -0.15) is 0 Å². The van der Waals surface area contributed by atoms with E-state index in [1.165, 1.54) is 31.3 Å². The number of rotatable bonds is 4. The number of amides is 4. The van der Waals surface area contributed by atoms with Gasteiger partial charge in [-0.1, -0.05) is 17.7 Å². The van der Waals surface area contributed by atoms with Gasteiger partial charge < -0.3 is 9.52 Å². The van der Waals surface area contributed by atoms with E-state index in [1.54, 1.807) is 12.1 Å². The van der Waals surface area contributed by atoms with Crippen molar-refractivity contribution in [3.05, 3.63) is 69.7 Å². The molecule has 0 radical (unpaired) electrons. The Bertz CT molecular complexity index is 1520. The largest absolute Gasteiger partial charge is 0.463 e. The summed E-state index contributed by atoms with van der Waals surface area (Å²) in [5.41, 5.74) is 0.335. The van der Waals surface area contributed by atoms with Crippen LogP contribution in [0.3, 0.4) is 0 Å². The first kappa shape index (κ1) is 25.7. The molecule has 1 aromatic heterocycles. The molecule has 3 fully saturated rings. The third kappa shape index (κ3) is 3.20. The number of aliphatic hydroxyl groups excluding tert-OH is 1. The molecular weight excluding hydrogens is 553 g/mol. The van der Waals surface area contributed by atoms with Gasteiger partial charge in [0.15, 0.2) is 9.75 Å². The third-order valence-corrected chi connectivity index (χ3v) is 9.85. The predicted octanol–water partition coefficient (Wildman–Crippen LogP) is 2.87. The molecule has 39 heavy (non-hydrogen) atoms. The second-order valence-corrected chi connectivity index (χ2v) is 11.5. The number of anilines is 1. The Morgan fingerprint density at radius 2 is 1.85 bits per heavy atom. The van der Waals surface area contributed by atoms with Crippen LogP contribution in [0.1, 0.15) is 30.3 Å². The molecule has 4 amide bonds. The highest BCUT2D eigenvalue weighted by Crippen LogP contribution is 2.65. The van der Waals surface area contributed by atoms with Gasteiger partial charge in [-0.05, 0) is 37.0 Å². The zero-order valence-corrected chi connectivity index (χ0v) is 21.9. The first-order valence-corrected chi connectivity index (χ1v) is 12.9. The molecule has 6 atom stereocenters. The normalized spacial score (nSPS) is 33.7. The van der Waals surface area contributed by atoms with E-state index in [9.17, 15) is 34.4 Å². The van der Waals surface area contributed by atoms with Crippen molar-refractivity contribution in [3.8, 4) is 0 Å². The zero-order chi connectivity index (χ0) is 28.0.